The molecule has 0 unspecified atom stereocenters. The van der Waals surface area contributed by atoms with E-state index in [2.05, 4.69) is 5.32 Å². The Kier molecular flexibility index (Phi) is 7.51. The van der Waals surface area contributed by atoms with Gasteiger partial charge in [-0.3, -0.25) is 9.79 Å². The molecule has 8 heteroatoms. The van der Waals surface area contributed by atoms with Gasteiger partial charge in [0.05, 0.1) is 47.8 Å². The first kappa shape index (κ1) is 24.5. The largest absolute Gasteiger partial charge is 0.497 e. The number of carbonyl (C=O) groups is 1. The number of thioether (sulfide) groups is 1. The molecule has 0 bridgehead atoms. The predicted octanol–water partition coefficient (Wildman–Crippen LogP) is 6.39. The molecular weight excluding hydrogens is 465 g/mol. The van der Waals surface area contributed by atoms with Crippen molar-refractivity contribution in [3.63, 3.8) is 0 Å². The van der Waals surface area contributed by atoms with Gasteiger partial charge in [-0.25, -0.2) is 9.38 Å². The van der Waals surface area contributed by atoms with Gasteiger partial charge in [-0.1, -0.05) is 12.1 Å². The van der Waals surface area contributed by atoms with Crippen LogP contribution in [0.15, 0.2) is 64.6 Å². The summed E-state index contributed by atoms with van der Waals surface area (Å²) in [5, 5.41) is 3.64. The fraction of sp³-hybridized carbons (Fsp3) is 0.222. The van der Waals surface area contributed by atoms with Crippen LogP contribution in [0.25, 0.3) is 0 Å². The van der Waals surface area contributed by atoms with E-state index in [1.165, 1.54) is 23.9 Å². The number of anilines is 1. The smallest absolute Gasteiger partial charge is 0.234 e. The van der Waals surface area contributed by atoms with Crippen molar-refractivity contribution in [2.75, 3.05) is 25.3 Å². The monoisotopic (exact) mass is 491 g/mol. The maximum Gasteiger partial charge on any atom is 0.234 e. The van der Waals surface area contributed by atoms with Crippen molar-refractivity contribution in [2.24, 2.45) is 9.98 Å². The van der Waals surface area contributed by atoms with Gasteiger partial charge in [-0.2, -0.15) is 0 Å². The lowest BCUT2D eigenvalue weighted by Gasteiger charge is -2.12. The zero-order valence-corrected chi connectivity index (χ0v) is 20.8. The fourth-order valence-corrected chi connectivity index (χ4v) is 4.38. The third kappa shape index (κ3) is 5.89. The van der Waals surface area contributed by atoms with Crippen LogP contribution in [0.1, 0.15) is 23.1 Å². The lowest BCUT2D eigenvalue weighted by Crippen LogP contribution is -2.17. The number of hydrogen-bond acceptors (Lipinski definition) is 6. The molecule has 1 amide bonds. The molecule has 1 aliphatic rings. The van der Waals surface area contributed by atoms with E-state index < -0.39 is 0 Å². The zero-order chi connectivity index (χ0) is 24.9. The van der Waals surface area contributed by atoms with Gasteiger partial charge in [-0.05, 0) is 66.9 Å². The third-order valence-electron chi connectivity index (χ3n) is 5.64. The van der Waals surface area contributed by atoms with Crippen molar-refractivity contribution in [1.29, 1.82) is 0 Å². The third-order valence-corrected chi connectivity index (χ3v) is 6.61. The maximum atomic E-state index is 13.5. The Hall–Kier alpha value is -3.65. The van der Waals surface area contributed by atoms with E-state index in [4.69, 9.17) is 19.5 Å². The fourth-order valence-electron chi connectivity index (χ4n) is 3.61. The number of benzene rings is 3. The molecule has 6 nitrogen and oxygen atoms in total. The minimum absolute atomic E-state index is 0.149. The van der Waals surface area contributed by atoms with Crippen LogP contribution >= 0.6 is 11.8 Å². The summed E-state index contributed by atoms with van der Waals surface area (Å²) in [7, 11) is 3.11. The Morgan fingerprint density at radius 3 is 2.31 bits per heavy atom. The minimum Gasteiger partial charge on any atom is -0.497 e. The van der Waals surface area contributed by atoms with E-state index >= 15 is 0 Å². The van der Waals surface area contributed by atoms with Crippen LogP contribution in [-0.4, -0.2) is 36.6 Å². The number of halogens is 1. The zero-order valence-electron chi connectivity index (χ0n) is 20.0. The second kappa shape index (κ2) is 10.7. The topological polar surface area (TPSA) is 72.3 Å². The number of rotatable bonds is 6. The molecule has 0 aromatic heterocycles. The van der Waals surface area contributed by atoms with Crippen LogP contribution in [0, 0.1) is 19.7 Å². The molecule has 0 aliphatic carbocycles. The molecule has 0 radical (unpaired) electrons. The molecule has 4 rings (SSSR count). The van der Waals surface area contributed by atoms with Crippen molar-refractivity contribution in [3.05, 3.63) is 77.1 Å². The lowest BCUT2D eigenvalue weighted by molar-refractivity contribution is -0.113. The van der Waals surface area contributed by atoms with Crippen LogP contribution < -0.4 is 14.8 Å². The number of aryl methyl sites for hydroxylation is 2. The quantitative estimate of drug-likeness (QED) is 0.434. The van der Waals surface area contributed by atoms with Crippen molar-refractivity contribution in [2.45, 2.75) is 20.3 Å². The standard InChI is InChI=1S/C27H26FN3O3S/c1-16-11-22-23(12-17(16)2)31-27(14-21(29-22)18-5-7-19(28)8-6-18)35-15-26(32)30-24-13-20(33-3)9-10-25(24)34-4/h5-13H,14-15H2,1-4H3,(H,30,32). The highest BCUT2D eigenvalue weighted by atomic mass is 32.2. The molecule has 0 saturated heterocycles. The summed E-state index contributed by atoms with van der Waals surface area (Å²) in [4.78, 5) is 22.5. The number of nitrogens with one attached hydrogen (secondary N) is 1. The van der Waals surface area contributed by atoms with Gasteiger partial charge in [0.2, 0.25) is 5.91 Å². The molecule has 0 spiro atoms. The highest BCUT2D eigenvalue weighted by molar-refractivity contribution is 8.14. The Morgan fingerprint density at radius 1 is 0.971 bits per heavy atom. The van der Waals surface area contributed by atoms with Crippen LogP contribution in [0.5, 0.6) is 11.5 Å². The molecule has 1 N–H and O–H groups in total. The normalized spacial score (nSPS) is 12.7. The van der Waals surface area contributed by atoms with Gasteiger partial charge in [0.15, 0.2) is 0 Å². The van der Waals surface area contributed by atoms with Crippen LogP contribution in [0.2, 0.25) is 0 Å². The molecule has 3 aromatic carbocycles. The summed E-state index contributed by atoms with van der Waals surface area (Å²) in [6.45, 7) is 4.06. The van der Waals surface area contributed by atoms with E-state index in [-0.39, 0.29) is 17.5 Å². The van der Waals surface area contributed by atoms with Gasteiger partial charge in [0, 0.05) is 12.5 Å². The van der Waals surface area contributed by atoms with Gasteiger partial charge >= 0.3 is 0 Å². The van der Waals surface area contributed by atoms with Crippen molar-refractivity contribution >= 4 is 45.5 Å². The molecule has 1 aliphatic heterocycles. The Bertz CT molecular complexity index is 1320. The number of ether oxygens (including phenoxy) is 2. The second-order valence-electron chi connectivity index (χ2n) is 8.08. The number of carbonyl (C=O) groups excluding carboxylic acids is 1. The molecule has 35 heavy (non-hydrogen) atoms. The SMILES string of the molecule is COc1ccc(OC)c(NC(=O)CSC2=Nc3cc(C)c(C)cc3N=C(c3ccc(F)cc3)C2)c1. The average molecular weight is 492 g/mol. The first-order valence-corrected chi connectivity index (χ1v) is 12.0. The summed E-state index contributed by atoms with van der Waals surface area (Å²) < 4.78 is 24.1. The van der Waals surface area contributed by atoms with Crippen molar-refractivity contribution < 1.29 is 18.7 Å². The Morgan fingerprint density at radius 2 is 1.66 bits per heavy atom. The van der Waals surface area contributed by atoms with Gasteiger partial charge < -0.3 is 14.8 Å². The lowest BCUT2D eigenvalue weighted by atomic mass is 10.1. The summed E-state index contributed by atoms with van der Waals surface area (Å²) in [6.07, 6.45) is 0.429. The van der Waals surface area contributed by atoms with E-state index in [0.717, 1.165) is 38.8 Å². The average Bonchev–Trinajstić information content (AvgIpc) is 3.02. The van der Waals surface area contributed by atoms with E-state index in [1.54, 1.807) is 44.6 Å². The van der Waals surface area contributed by atoms with Crippen LogP contribution in [0.3, 0.4) is 0 Å². The summed E-state index contributed by atoms with van der Waals surface area (Å²) in [6, 6.07) is 15.5. The van der Waals surface area contributed by atoms with Crippen LogP contribution in [-0.2, 0) is 4.79 Å². The molecule has 3 aromatic rings. The van der Waals surface area contributed by atoms with Gasteiger partial charge in [-0.15, -0.1) is 11.8 Å². The first-order valence-electron chi connectivity index (χ1n) is 11.0. The molecule has 0 saturated carbocycles. The summed E-state index contributed by atoms with van der Waals surface area (Å²) in [5.41, 5.74) is 5.86. The van der Waals surface area contributed by atoms with E-state index in [0.29, 0.717) is 23.6 Å². The molecule has 0 fully saturated rings. The van der Waals surface area contributed by atoms with Crippen molar-refractivity contribution in [1.82, 2.24) is 0 Å². The number of hydrogen-bond donors (Lipinski definition) is 1. The molecular formula is C27H26FN3O3S. The number of aliphatic imine (C=N–C) groups is 2. The highest BCUT2D eigenvalue weighted by Gasteiger charge is 2.18. The molecule has 0 atom stereocenters. The summed E-state index contributed by atoms with van der Waals surface area (Å²) >= 11 is 1.35. The van der Waals surface area contributed by atoms with Crippen molar-refractivity contribution in [3.8, 4) is 11.5 Å². The highest BCUT2D eigenvalue weighted by Crippen LogP contribution is 2.36. The Labute approximate surface area is 208 Å². The number of nitrogens with zero attached hydrogens (tertiary/aromatic N) is 2. The number of fused-ring (bicyclic) bond motifs is 1. The molecule has 180 valence electrons. The van der Waals surface area contributed by atoms with Gasteiger partial charge in [0.25, 0.3) is 0 Å². The molecule has 1 heterocycles. The minimum atomic E-state index is -0.303. The van der Waals surface area contributed by atoms with Crippen LogP contribution in [0.4, 0.5) is 21.5 Å². The van der Waals surface area contributed by atoms with Gasteiger partial charge in [0.1, 0.15) is 17.3 Å². The maximum absolute atomic E-state index is 13.5. The first-order chi connectivity index (χ1) is 16.9. The van der Waals surface area contributed by atoms with E-state index in [1.807, 2.05) is 26.0 Å². The second-order valence-corrected chi connectivity index (χ2v) is 9.12. The number of methoxy groups -OCH3 is 2. The van der Waals surface area contributed by atoms with E-state index in [9.17, 15) is 9.18 Å². The predicted molar refractivity (Wildman–Crippen MR) is 141 cm³/mol. The Balaban J connectivity index is 1.57. The number of amides is 1. The summed E-state index contributed by atoms with van der Waals surface area (Å²) in [5.74, 6) is 0.804.